The molecular formula is C26H27N5O3. The number of methoxy groups -OCH3 is 1. The fraction of sp³-hybridized carbons (Fsp3) is 0.308. The number of benzene rings is 2. The van der Waals surface area contributed by atoms with Gasteiger partial charge in [0.1, 0.15) is 18.0 Å². The number of anilines is 1. The SMILES string of the molecule is COc1ccc(-c2ccnc(N[C@H]3CO[C@H]4[C@@H]3OC[C@@H]4NCc3c[nH]c4ccccc34)n2)cc1. The Bertz CT molecular complexity index is 1270. The Balaban J connectivity index is 1.10. The Morgan fingerprint density at radius 2 is 1.79 bits per heavy atom. The minimum absolute atomic E-state index is 0.00370. The molecular weight excluding hydrogens is 430 g/mol. The third kappa shape index (κ3) is 4.00. The molecule has 0 radical (unpaired) electrons. The summed E-state index contributed by atoms with van der Waals surface area (Å²) in [5.41, 5.74) is 4.25. The van der Waals surface area contributed by atoms with E-state index in [0.29, 0.717) is 19.2 Å². The van der Waals surface area contributed by atoms with Gasteiger partial charge in [0, 0.05) is 35.4 Å². The van der Waals surface area contributed by atoms with Gasteiger partial charge in [0.2, 0.25) is 5.95 Å². The van der Waals surface area contributed by atoms with Crippen molar-refractivity contribution in [2.45, 2.75) is 30.8 Å². The van der Waals surface area contributed by atoms with E-state index in [1.807, 2.05) is 36.4 Å². The number of nitrogens with one attached hydrogen (secondary N) is 3. The summed E-state index contributed by atoms with van der Waals surface area (Å²) in [5, 5.41) is 8.30. The molecule has 6 rings (SSSR count). The van der Waals surface area contributed by atoms with E-state index >= 15 is 0 Å². The molecule has 0 spiro atoms. The summed E-state index contributed by atoms with van der Waals surface area (Å²) in [4.78, 5) is 12.5. The van der Waals surface area contributed by atoms with Crippen LogP contribution >= 0.6 is 0 Å². The molecule has 0 unspecified atom stereocenters. The summed E-state index contributed by atoms with van der Waals surface area (Å²) < 4.78 is 17.5. The summed E-state index contributed by atoms with van der Waals surface area (Å²) in [7, 11) is 1.66. The predicted molar refractivity (Wildman–Crippen MR) is 130 cm³/mol. The van der Waals surface area contributed by atoms with Gasteiger partial charge in [0.15, 0.2) is 0 Å². The fourth-order valence-corrected chi connectivity index (χ4v) is 4.83. The van der Waals surface area contributed by atoms with Crippen molar-refractivity contribution in [2.75, 3.05) is 25.6 Å². The number of aromatic nitrogens is 3. The number of para-hydroxylation sites is 1. The molecule has 4 heterocycles. The largest absolute Gasteiger partial charge is 0.497 e. The van der Waals surface area contributed by atoms with Crippen LogP contribution in [0, 0.1) is 0 Å². The van der Waals surface area contributed by atoms with Crippen molar-refractivity contribution < 1.29 is 14.2 Å². The number of fused-ring (bicyclic) bond motifs is 2. The second kappa shape index (κ2) is 9.06. The number of hydrogen-bond donors (Lipinski definition) is 3. The van der Waals surface area contributed by atoms with E-state index in [0.717, 1.165) is 29.1 Å². The normalized spacial score (nSPS) is 23.8. The molecule has 4 aromatic rings. The summed E-state index contributed by atoms with van der Waals surface area (Å²) in [6, 6.07) is 18.2. The van der Waals surface area contributed by atoms with Crippen molar-refractivity contribution in [1.29, 1.82) is 0 Å². The molecule has 2 fully saturated rings. The lowest BCUT2D eigenvalue weighted by molar-refractivity contribution is 0.0675. The molecule has 174 valence electrons. The van der Waals surface area contributed by atoms with Gasteiger partial charge in [-0.15, -0.1) is 0 Å². The van der Waals surface area contributed by atoms with Crippen LogP contribution in [0.2, 0.25) is 0 Å². The van der Waals surface area contributed by atoms with Crippen LogP contribution in [0.25, 0.3) is 22.2 Å². The molecule has 4 atom stereocenters. The average molecular weight is 458 g/mol. The monoisotopic (exact) mass is 457 g/mol. The van der Waals surface area contributed by atoms with Gasteiger partial charge in [0.05, 0.1) is 38.1 Å². The first-order chi connectivity index (χ1) is 16.8. The minimum atomic E-state index is -0.0475. The highest BCUT2D eigenvalue weighted by Crippen LogP contribution is 2.30. The second-order valence-electron chi connectivity index (χ2n) is 8.69. The topological polar surface area (TPSA) is 93.3 Å². The highest BCUT2D eigenvalue weighted by Gasteiger charge is 2.47. The first kappa shape index (κ1) is 21.1. The van der Waals surface area contributed by atoms with Gasteiger partial charge in [0.25, 0.3) is 0 Å². The van der Waals surface area contributed by atoms with Crippen LogP contribution in [-0.4, -0.2) is 59.6 Å². The maximum atomic E-state index is 6.14. The van der Waals surface area contributed by atoms with Crippen LogP contribution in [0.5, 0.6) is 5.75 Å². The Kier molecular flexibility index (Phi) is 5.62. The second-order valence-corrected chi connectivity index (χ2v) is 8.69. The maximum Gasteiger partial charge on any atom is 0.223 e. The number of hydrogen-bond acceptors (Lipinski definition) is 7. The van der Waals surface area contributed by atoms with E-state index in [9.17, 15) is 0 Å². The third-order valence-electron chi connectivity index (χ3n) is 6.64. The summed E-state index contributed by atoms with van der Waals surface area (Å²) in [6.45, 7) is 1.93. The molecule has 0 saturated carbocycles. The van der Waals surface area contributed by atoms with E-state index in [4.69, 9.17) is 19.2 Å². The van der Waals surface area contributed by atoms with Crippen LogP contribution in [0.4, 0.5) is 5.95 Å². The molecule has 3 N–H and O–H groups in total. The highest BCUT2D eigenvalue weighted by molar-refractivity contribution is 5.82. The highest BCUT2D eigenvalue weighted by atomic mass is 16.6. The van der Waals surface area contributed by atoms with Crippen molar-refractivity contribution in [3.63, 3.8) is 0 Å². The molecule has 2 saturated heterocycles. The van der Waals surface area contributed by atoms with E-state index in [1.54, 1.807) is 13.3 Å². The van der Waals surface area contributed by atoms with Gasteiger partial charge >= 0.3 is 0 Å². The van der Waals surface area contributed by atoms with Crippen LogP contribution in [0.1, 0.15) is 5.56 Å². The zero-order valence-electron chi connectivity index (χ0n) is 18.9. The van der Waals surface area contributed by atoms with Crippen LogP contribution in [0.15, 0.2) is 67.0 Å². The van der Waals surface area contributed by atoms with Gasteiger partial charge < -0.3 is 29.8 Å². The van der Waals surface area contributed by atoms with Gasteiger partial charge in [-0.2, -0.15) is 0 Å². The molecule has 2 aliphatic heterocycles. The first-order valence-corrected chi connectivity index (χ1v) is 11.5. The molecule has 2 aliphatic rings. The Labute approximate surface area is 197 Å². The van der Waals surface area contributed by atoms with E-state index < -0.39 is 0 Å². The Hall–Kier alpha value is -3.46. The van der Waals surface area contributed by atoms with E-state index in [1.165, 1.54) is 10.9 Å². The standard InChI is InChI=1S/C26H27N5O3/c1-32-18-8-6-16(7-9-18)20-10-11-27-26(30-20)31-23-15-34-24-22(14-33-25(23)24)29-13-17-12-28-21-5-3-2-4-19(17)21/h2-12,22-25,28-29H,13-15H2,1H3,(H,27,30,31)/t22-,23-,24+,25+/m0/s1. The van der Waals surface area contributed by atoms with Crippen LogP contribution in [-0.2, 0) is 16.0 Å². The number of rotatable bonds is 7. The minimum Gasteiger partial charge on any atom is -0.497 e. The Morgan fingerprint density at radius 3 is 2.65 bits per heavy atom. The molecule has 2 aromatic heterocycles. The fourth-order valence-electron chi connectivity index (χ4n) is 4.83. The predicted octanol–water partition coefficient (Wildman–Crippen LogP) is 3.37. The van der Waals surface area contributed by atoms with Gasteiger partial charge in [-0.25, -0.2) is 9.97 Å². The zero-order chi connectivity index (χ0) is 22.9. The average Bonchev–Trinajstić information content (AvgIpc) is 3.59. The van der Waals surface area contributed by atoms with Crippen molar-refractivity contribution in [1.82, 2.24) is 20.3 Å². The first-order valence-electron chi connectivity index (χ1n) is 11.5. The smallest absolute Gasteiger partial charge is 0.223 e. The number of H-pyrrole nitrogens is 1. The lowest BCUT2D eigenvalue weighted by Gasteiger charge is -2.18. The van der Waals surface area contributed by atoms with Crippen LogP contribution < -0.4 is 15.4 Å². The summed E-state index contributed by atoms with van der Waals surface area (Å²) in [5.74, 6) is 1.39. The molecule has 0 aliphatic carbocycles. The molecule has 0 bridgehead atoms. The summed E-state index contributed by atoms with van der Waals surface area (Å²) >= 11 is 0. The number of nitrogens with zero attached hydrogens (tertiary/aromatic N) is 2. The van der Waals surface area contributed by atoms with Crippen molar-refractivity contribution in [2.24, 2.45) is 0 Å². The lowest BCUT2D eigenvalue weighted by Crippen LogP contribution is -2.41. The maximum absolute atomic E-state index is 6.14. The van der Waals surface area contributed by atoms with Crippen molar-refractivity contribution in [3.05, 3.63) is 72.6 Å². The molecule has 8 nitrogen and oxygen atoms in total. The van der Waals surface area contributed by atoms with Gasteiger partial charge in [-0.05, 0) is 42.0 Å². The van der Waals surface area contributed by atoms with Crippen molar-refractivity contribution >= 4 is 16.9 Å². The van der Waals surface area contributed by atoms with Gasteiger partial charge in [-0.1, -0.05) is 18.2 Å². The quantitative estimate of drug-likeness (QED) is 0.392. The number of aromatic amines is 1. The molecule has 8 heteroatoms. The molecule has 0 amide bonds. The molecule has 2 aromatic carbocycles. The zero-order valence-corrected chi connectivity index (χ0v) is 18.9. The Morgan fingerprint density at radius 1 is 1.00 bits per heavy atom. The summed E-state index contributed by atoms with van der Waals surface area (Å²) in [6.07, 6.45) is 3.78. The van der Waals surface area contributed by atoms with Crippen molar-refractivity contribution in [3.8, 4) is 17.0 Å². The molecule has 34 heavy (non-hydrogen) atoms. The van der Waals surface area contributed by atoms with Gasteiger partial charge in [-0.3, -0.25) is 0 Å². The van der Waals surface area contributed by atoms with E-state index in [2.05, 4.69) is 45.0 Å². The van der Waals surface area contributed by atoms with Crippen LogP contribution in [0.3, 0.4) is 0 Å². The number of ether oxygens (including phenoxy) is 3. The lowest BCUT2D eigenvalue weighted by atomic mass is 10.1. The van der Waals surface area contributed by atoms with E-state index in [-0.39, 0.29) is 24.3 Å². The third-order valence-corrected chi connectivity index (χ3v) is 6.64.